The molecule has 1 saturated heterocycles. The zero-order valence-electron chi connectivity index (χ0n) is 14.1. The second kappa shape index (κ2) is 8.75. The molecule has 2 aliphatic rings. The Morgan fingerprint density at radius 2 is 1.79 bits per heavy atom. The van der Waals surface area contributed by atoms with Crippen LogP contribution >= 0.6 is 0 Å². The number of carbonyl (C=O) groups is 2. The first-order chi connectivity index (χ1) is 11.5. The van der Waals surface area contributed by atoms with Crippen molar-refractivity contribution in [3.05, 3.63) is 0 Å². The van der Waals surface area contributed by atoms with E-state index < -0.39 is 12.1 Å². The first kappa shape index (κ1) is 18.4. The molecular weight excluding hydrogens is 310 g/mol. The molecule has 0 aromatic carbocycles. The first-order valence-electron chi connectivity index (χ1n) is 8.83. The number of nitrogens with zero attached hydrogens (tertiary/aromatic N) is 1. The van der Waals surface area contributed by atoms with Crippen molar-refractivity contribution in [1.29, 1.82) is 5.41 Å². The van der Waals surface area contributed by atoms with Crippen molar-refractivity contribution in [3.8, 4) is 0 Å². The molecule has 1 atom stereocenters. The summed E-state index contributed by atoms with van der Waals surface area (Å²) in [6, 6.07) is -0.653. The van der Waals surface area contributed by atoms with Gasteiger partial charge in [-0.1, -0.05) is 19.3 Å². The van der Waals surface area contributed by atoms with Gasteiger partial charge in [0.1, 0.15) is 6.04 Å². The molecule has 0 bridgehead atoms. The Bertz CT molecular complexity index is 457. The van der Waals surface area contributed by atoms with Gasteiger partial charge in [-0.3, -0.25) is 10.2 Å². The van der Waals surface area contributed by atoms with E-state index in [1.165, 1.54) is 0 Å². The molecule has 0 spiro atoms. The number of hydrogen-bond donors (Lipinski definition) is 5. The van der Waals surface area contributed by atoms with Crippen LogP contribution in [-0.4, -0.2) is 53.6 Å². The monoisotopic (exact) mass is 339 g/mol. The van der Waals surface area contributed by atoms with Gasteiger partial charge in [0.25, 0.3) is 0 Å². The van der Waals surface area contributed by atoms with E-state index in [0.717, 1.165) is 58.0 Å². The minimum atomic E-state index is -1.14. The molecule has 1 saturated carbocycles. The Kier molecular flexibility index (Phi) is 6.69. The summed E-state index contributed by atoms with van der Waals surface area (Å²) in [6.07, 6.45) is 5.67. The fourth-order valence-corrected chi connectivity index (χ4v) is 3.73. The van der Waals surface area contributed by atoms with Crippen molar-refractivity contribution in [2.24, 2.45) is 17.6 Å². The average Bonchev–Trinajstić information content (AvgIpc) is 2.58. The van der Waals surface area contributed by atoms with E-state index in [9.17, 15) is 9.59 Å². The van der Waals surface area contributed by atoms with Gasteiger partial charge in [-0.2, -0.15) is 0 Å². The number of nitrogens with one attached hydrogen (secondary N) is 3. The molecule has 2 amide bonds. The Hall–Kier alpha value is -1.99. The fraction of sp³-hybridized carbons (Fsp3) is 0.812. The van der Waals surface area contributed by atoms with Crippen molar-refractivity contribution in [2.75, 3.05) is 19.6 Å². The standard InChI is InChI=1S/C16H29N5O3/c17-15(18)21-8-6-11(7-9-21)10-19-14(22)13(20-16(23)24)12-4-2-1-3-5-12/h11-13,20H,1-10H2,(H3,17,18)(H,19,22)(H,23,24). The Balaban J connectivity index is 1.81. The predicted octanol–water partition coefficient (Wildman–Crippen LogP) is 0.925. The van der Waals surface area contributed by atoms with Gasteiger partial charge >= 0.3 is 6.09 Å². The second-order valence-electron chi connectivity index (χ2n) is 6.89. The number of guanidine groups is 1. The van der Waals surface area contributed by atoms with E-state index in [2.05, 4.69) is 10.6 Å². The lowest BCUT2D eigenvalue weighted by Crippen LogP contribution is -2.52. The summed E-state index contributed by atoms with van der Waals surface area (Å²) in [5.41, 5.74) is 5.48. The number of rotatable bonds is 5. The maximum absolute atomic E-state index is 12.5. The van der Waals surface area contributed by atoms with Crippen molar-refractivity contribution in [1.82, 2.24) is 15.5 Å². The van der Waals surface area contributed by atoms with Crippen LogP contribution in [0.25, 0.3) is 0 Å². The molecule has 1 aliphatic carbocycles. The quantitative estimate of drug-likeness (QED) is 0.375. The van der Waals surface area contributed by atoms with Crippen molar-refractivity contribution < 1.29 is 14.7 Å². The molecule has 1 aliphatic heterocycles. The lowest BCUT2D eigenvalue weighted by Gasteiger charge is -2.33. The normalized spacial score (nSPS) is 21.1. The predicted molar refractivity (Wildman–Crippen MR) is 90.7 cm³/mol. The third kappa shape index (κ3) is 5.28. The fourth-order valence-electron chi connectivity index (χ4n) is 3.73. The number of nitrogens with two attached hydrogens (primary N) is 1. The summed E-state index contributed by atoms with van der Waals surface area (Å²) in [7, 11) is 0. The van der Waals surface area contributed by atoms with E-state index in [1.807, 2.05) is 4.90 Å². The summed E-state index contributed by atoms with van der Waals surface area (Å²) in [6.45, 7) is 2.01. The SMILES string of the molecule is N=C(N)N1CCC(CNC(=O)C(NC(=O)O)C2CCCCC2)CC1. The number of likely N-dealkylation sites (tertiary alicyclic amines) is 1. The molecule has 0 radical (unpaired) electrons. The van der Waals surface area contributed by atoms with Crippen LogP contribution in [0.4, 0.5) is 4.79 Å². The molecule has 1 unspecified atom stereocenters. The van der Waals surface area contributed by atoms with Crippen LogP contribution in [0.2, 0.25) is 0 Å². The molecule has 24 heavy (non-hydrogen) atoms. The van der Waals surface area contributed by atoms with Gasteiger partial charge in [-0.25, -0.2) is 4.79 Å². The van der Waals surface area contributed by atoms with Crippen LogP contribution in [0.1, 0.15) is 44.9 Å². The minimum absolute atomic E-state index is 0.0920. The largest absolute Gasteiger partial charge is 0.465 e. The molecule has 8 heteroatoms. The lowest BCUT2D eigenvalue weighted by molar-refractivity contribution is -0.124. The number of piperidine rings is 1. The number of carboxylic acid groups (broad SMARTS) is 1. The van der Waals surface area contributed by atoms with Gasteiger partial charge in [0, 0.05) is 19.6 Å². The molecule has 2 rings (SSSR count). The Labute approximate surface area is 142 Å². The number of hydrogen-bond acceptors (Lipinski definition) is 3. The molecule has 2 fully saturated rings. The summed E-state index contributed by atoms with van der Waals surface area (Å²) >= 11 is 0. The zero-order valence-corrected chi connectivity index (χ0v) is 14.1. The molecule has 1 heterocycles. The highest BCUT2D eigenvalue weighted by atomic mass is 16.4. The van der Waals surface area contributed by atoms with E-state index in [-0.39, 0.29) is 17.8 Å². The van der Waals surface area contributed by atoms with Gasteiger partial charge in [-0.15, -0.1) is 0 Å². The summed E-state index contributed by atoms with van der Waals surface area (Å²) in [4.78, 5) is 25.4. The molecule has 6 N–H and O–H groups in total. The van der Waals surface area contributed by atoms with Crippen LogP contribution in [0.3, 0.4) is 0 Å². The van der Waals surface area contributed by atoms with Crippen molar-refractivity contribution in [3.63, 3.8) is 0 Å². The summed E-state index contributed by atoms with van der Waals surface area (Å²) < 4.78 is 0. The lowest BCUT2D eigenvalue weighted by atomic mass is 9.83. The average molecular weight is 339 g/mol. The third-order valence-corrected chi connectivity index (χ3v) is 5.20. The Morgan fingerprint density at radius 3 is 2.33 bits per heavy atom. The highest BCUT2D eigenvalue weighted by molar-refractivity contribution is 5.85. The van der Waals surface area contributed by atoms with Gasteiger partial charge in [0.05, 0.1) is 0 Å². The molecule has 8 nitrogen and oxygen atoms in total. The van der Waals surface area contributed by atoms with E-state index in [0.29, 0.717) is 12.5 Å². The maximum Gasteiger partial charge on any atom is 0.405 e. The highest BCUT2D eigenvalue weighted by Gasteiger charge is 2.31. The van der Waals surface area contributed by atoms with E-state index >= 15 is 0 Å². The van der Waals surface area contributed by atoms with E-state index in [4.69, 9.17) is 16.2 Å². The minimum Gasteiger partial charge on any atom is -0.465 e. The molecule has 0 aromatic heterocycles. The Morgan fingerprint density at radius 1 is 1.17 bits per heavy atom. The van der Waals surface area contributed by atoms with Crippen molar-refractivity contribution in [2.45, 2.75) is 51.0 Å². The zero-order chi connectivity index (χ0) is 17.5. The summed E-state index contributed by atoms with van der Waals surface area (Å²) in [5, 5.41) is 21.8. The van der Waals surface area contributed by atoms with Crippen LogP contribution in [0.15, 0.2) is 0 Å². The summed E-state index contributed by atoms with van der Waals surface area (Å²) in [5.74, 6) is 0.328. The van der Waals surface area contributed by atoms with Gasteiger partial charge in [0.2, 0.25) is 5.91 Å². The van der Waals surface area contributed by atoms with Gasteiger partial charge < -0.3 is 26.4 Å². The smallest absolute Gasteiger partial charge is 0.405 e. The van der Waals surface area contributed by atoms with Crippen LogP contribution in [-0.2, 0) is 4.79 Å². The number of carbonyl (C=O) groups excluding carboxylic acids is 1. The van der Waals surface area contributed by atoms with Crippen molar-refractivity contribution >= 4 is 18.0 Å². The van der Waals surface area contributed by atoms with E-state index in [1.54, 1.807) is 0 Å². The van der Waals surface area contributed by atoms with Crippen LogP contribution in [0, 0.1) is 17.2 Å². The van der Waals surface area contributed by atoms with Gasteiger partial charge in [0.15, 0.2) is 5.96 Å². The third-order valence-electron chi connectivity index (χ3n) is 5.20. The topological polar surface area (TPSA) is 132 Å². The van der Waals surface area contributed by atoms with Crippen LogP contribution < -0.4 is 16.4 Å². The molecule has 136 valence electrons. The second-order valence-corrected chi connectivity index (χ2v) is 6.89. The maximum atomic E-state index is 12.5. The molecular formula is C16H29N5O3. The highest BCUT2D eigenvalue weighted by Crippen LogP contribution is 2.26. The number of amides is 2. The van der Waals surface area contributed by atoms with Crippen LogP contribution in [0.5, 0.6) is 0 Å². The first-order valence-corrected chi connectivity index (χ1v) is 8.83. The van der Waals surface area contributed by atoms with Gasteiger partial charge in [-0.05, 0) is 37.5 Å². The molecule has 0 aromatic rings.